The summed E-state index contributed by atoms with van der Waals surface area (Å²) in [6, 6.07) is 7.21. The van der Waals surface area contributed by atoms with Crippen LogP contribution in [0.5, 0.6) is 5.75 Å². The summed E-state index contributed by atoms with van der Waals surface area (Å²) in [5, 5.41) is 0. The number of hydrogen-bond acceptors (Lipinski definition) is 5. The lowest BCUT2D eigenvalue weighted by atomic mass is 10.1. The molecule has 1 saturated heterocycles. The zero-order valence-electron chi connectivity index (χ0n) is 14.6. The van der Waals surface area contributed by atoms with E-state index >= 15 is 0 Å². The van der Waals surface area contributed by atoms with Gasteiger partial charge in [-0.2, -0.15) is 0 Å². The molecule has 2 N–H and O–H groups in total. The molecule has 0 spiro atoms. The van der Waals surface area contributed by atoms with Crippen molar-refractivity contribution in [2.75, 3.05) is 25.6 Å². The third-order valence-electron chi connectivity index (χ3n) is 3.63. The van der Waals surface area contributed by atoms with Gasteiger partial charge >= 0.3 is 6.09 Å². The first-order valence-electron chi connectivity index (χ1n) is 7.96. The van der Waals surface area contributed by atoms with Crippen LogP contribution >= 0.6 is 0 Å². The van der Waals surface area contributed by atoms with Gasteiger partial charge < -0.3 is 14.4 Å². The molecule has 7 heteroatoms. The van der Waals surface area contributed by atoms with Crippen molar-refractivity contribution < 1.29 is 19.1 Å². The number of amides is 2. The minimum atomic E-state index is -0.534. The topological polar surface area (TPSA) is 79.9 Å². The molecule has 1 aliphatic rings. The third-order valence-corrected chi connectivity index (χ3v) is 3.63. The number of carbonyl (C=O) groups is 2. The minimum absolute atomic E-state index is 0.142. The smallest absolute Gasteiger partial charge is 0.410 e. The van der Waals surface area contributed by atoms with E-state index in [1.807, 2.05) is 20.8 Å². The molecule has 1 atom stereocenters. The molecule has 0 radical (unpaired) electrons. The van der Waals surface area contributed by atoms with Crippen LogP contribution in [-0.2, 0) is 9.53 Å². The summed E-state index contributed by atoms with van der Waals surface area (Å²) in [6.45, 7) is 6.36. The van der Waals surface area contributed by atoms with E-state index < -0.39 is 5.60 Å². The van der Waals surface area contributed by atoms with Gasteiger partial charge in [0.05, 0.1) is 18.7 Å². The molecular weight excluding hydrogens is 310 g/mol. The second-order valence-electron chi connectivity index (χ2n) is 6.75. The van der Waals surface area contributed by atoms with E-state index in [-0.39, 0.29) is 17.9 Å². The second-order valence-corrected chi connectivity index (χ2v) is 6.75. The fraction of sp³-hybridized carbons (Fsp3) is 0.529. The van der Waals surface area contributed by atoms with E-state index in [0.29, 0.717) is 19.5 Å². The number of likely N-dealkylation sites (tertiary alicyclic amines) is 1. The van der Waals surface area contributed by atoms with Crippen LogP contribution in [0.15, 0.2) is 24.3 Å². The van der Waals surface area contributed by atoms with Gasteiger partial charge in [0.1, 0.15) is 11.4 Å². The first kappa shape index (κ1) is 17.9. The van der Waals surface area contributed by atoms with E-state index in [1.54, 1.807) is 36.3 Å². The first-order chi connectivity index (χ1) is 11.3. The number of methoxy groups -OCH3 is 1. The Morgan fingerprint density at radius 3 is 2.46 bits per heavy atom. The Labute approximate surface area is 142 Å². The van der Waals surface area contributed by atoms with E-state index in [0.717, 1.165) is 11.4 Å². The predicted octanol–water partition coefficient (Wildman–Crippen LogP) is 2.40. The van der Waals surface area contributed by atoms with Crippen LogP contribution < -0.4 is 15.6 Å². The minimum Gasteiger partial charge on any atom is -0.497 e. The van der Waals surface area contributed by atoms with E-state index in [2.05, 4.69) is 10.9 Å². The van der Waals surface area contributed by atoms with Crippen molar-refractivity contribution in [1.29, 1.82) is 0 Å². The fourth-order valence-electron chi connectivity index (χ4n) is 2.38. The summed E-state index contributed by atoms with van der Waals surface area (Å²) in [4.78, 5) is 25.8. The van der Waals surface area contributed by atoms with Crippen molar-refractivity contribution in [3.63, 3.8) is 0 Å². The zero-order valence-corrected chi connectivity index (χ0v) is 14.6. The average Bonchev–Trinajstić information content (AvgIpc) is 3.01. The molecule has 7 nitrogen and oxygen atoms in total. The summed E-state index contributed by atoms with van der Waals surface area (Å²) in [5.74, 6) is 0.357. The highest BCUT2D eigenvalue weighted by Gasteiger charge is 2.33. The van der Waals surface area contributed by atoms with Crippen molar-refractivity contribution in [2.45, 2.75) is 32.8 Å². The SMILES string of the molecule is COc1ccc(NNC(=O)C2CCN(C(=O)OC(C)(C)C)C2)cc1. The number of hydrogen-bond donors (Lipinski definition) is 2. The van der Waals surface area contributed by atoms with Crippen molar-refractivity contribution in [3.8, 4) is 5.75 Å². The van der Waals surface area contributed by atoms with Crippen LogP contribution in [0.2, 0.25) is 0 Å². The van der Waals surface area contributed by atoms with Crippen molar-refractivity contribution in [1.82, 2.24) is 10.3 Å². The Balaban J connectivity index is 1.80. The lowest BCUT2D eigenvalue weighted by Gasteiger charge is -2.24. The maximum Gasteiger partial charge on any atom is 0.410 e. The number of nitrogens with one attached hydrogen (secondary N) is 2. The Hall–Kier alpha value is -2.44. The van der Waals surface area contributed by atoms with Gasteiger partial charge in [0.25, 0.3) is 0 Å². The van der Waals surface area contributed by atoms with Gasteiger partial charge in [-0.15, -0.1) is 0 Å². The number of carbonyl (C=O) groups excluding carboxylic acids is 2. The van der Waals surface area contributed by atoms with Crippen LogP contribution in [0, 0.1) is 5.92 Å². The van der Waals surface area contributed by atoms with Gasteiger partial charge in [-0.25, -0.2) is 4.79 Å². The number of anilines is 1. The summed E-state index contributed by atoms with van der Waals surface area (Å²) >= 11 is 0. The molecule has 132 valence electrons. The summed E-state index contributed by atoms with van der Waals surface area (Å²) < 4.78 is 10.4. The highest BCUT2D eigenvalue weighted by Crippen LogP contribution is 2.20. The van der Waals surface area contributed by atoms with Gasteiger partial charge in [0, 0.05) is 13.1 Å². The van der Waals surface area contributed by atoms with E-state index in [9.17, 15) is 9.59 Å². The van der Waals surface area contributed by atoms with Gasteiger partial charge in [0.2, 0.25) is 5.91 Å². The Morgan fingerprint density at radius 2 is 1.88 bits per heavy atom. The lowest BCUT2D eigenvalue weighted by molar-refractivity contribution is -0.124. The van der Waals surface area contributed by atoms with Crippen LogP contribution in [0.3, 0.4) is 0 Å². The lowest BCUT2D eigenvalue weighted by Crippen LogP contribution is -2.39. The standard InChI is InChI=1S/C17H25N3O4/c1-17(2,3)24-16(22)20-10-9-12(11-20)15(21)19-18-13-5-7-14(23-4)8-6-13/h5-8,12,18H,9-11H2,1-4H3,(H,19,21). The molecule has 1 aromatic rings. The highest BCUT2D eigenvalue weighted by atomic mass is 16.6. The van der Waals surface area contributed by atoms with Crippen LogP contribution in [0.25, 0.3) is 0 Å². The molecule has 2 amide bonds. The maximum atomic E-state index is 12.2. The van der Waals surface area contributed by atoms with Crippen LogP contribution in [-0.4, -0.2) is 42.7 Å². The maximum absolute atomic E-state index is 12.2. The molecule has 2 rings (SSSR count). The molecule has 0 saturated carbocycles. The monoisotopic (exact) mass is 335 g/mol. The number of ether oxygens (including phenoxy) is 2. The molecule has 0 bridgehead atoms. The van der Waals surface area contributed by atoms with Crippen LogP contribution in [0.4, 0.5) is 10.5 Å². The third kappa shape index (κ3) is 5.04. The second kappa shape index (κ2) is 7.42. The molecule has 1 fully saturated rings. The van der Waals surface area contributed by atoms with Crippen LogP contribution in [0.1, 0.15) is 27.2 Å². The summed E-state index contributed by atoms with van der Waals surface area (Å²) in [5.41, 5.74) is 5.76. The Bertz CT molecular complexity index is 580. The quantitative estimate of drug-likeness (QED) is 0.826. The Kier molecular flexibility index (Phi) is 5.54. The number of benzene rings is 1. The number of hydrazine groups is 1. The fourth-order valence-corrected chi connectivity index (χ4v) is 2.38. The summed E-state index contributed by atoms with van der Waals surface area (Å²) in [7, 11) is 1.60. The van der Waals surface area contributed by atoms with Crippen molar-refractivity contribution >= 4 is 17.7 Å². The number of nitrogens with zero attached hydrogens (tertiary/aromatic N) is 1. The average molecular weight is 335 g/mol. The first-order valence-corrected chi connectivity index (χ1v) is 7.96. The van der Waals surface area contributed by atoms with Crippen molar-refractivity contribution in [2.24, 2.45) is 5.92 Å². The largest absolute Gasteiger partial charge is 0.497 e. The molecule has 1 unspecified atom stereocenters. The van der Waals surface area contributed by atoms with Gasteiger partial charge in [0.15, 0.2) is 0 Å². The summed E-state index contributed by atoms with van der Waals surface area (Å²) in [6.07, 6.45) is 0.246. The highest BCUT2D eigenvalue weighted by molar-refractivity contribution is 5.81. The molecule has 24 heavy (non-hydrogen) atoms. The molecule has 0 aromatic heterocycles. The molecule has 1 heterocycles. The molecular formula is C17H25N3O4. The van der Waals surface area contributed by atoms with Gasteiger partial charge in [-0.05, 0) is 51.5 Å². The normalized spacial score (nSPS) is 17.3. The number of rotatable bonds is 4. The van der Waals surface area contributed by atoms with Gasteiger partial charge in [-0.3, -0.25) is 15.6 Å². The molecule has 1 aromatic carbocycles. The van der Waals surface area contributed by atoms with Gasteiger partial charge in [-0.1, -0.05) is 0 Å². The molecule has 1 aliphatic heterocycles. The van der Waals surface area contributed by atoms with E-state index in [4.69, 9.17) is 9.47 Å². The predicted molar refractivity (Wildman–Crippen MR) is 90.7 cm³/mol. The zero-order chi connectivity index (χ0) is 17.7. The Morgan fingerprint density at radius 1 is 1.21 bits per heavy atom. The van der Waals surface area contributed by atoms with Crippen molar-refractivity contribution in [3.05, 3.63) is 24.3 Å². The van der Waals surface area contributed by atoms with E-state index in [1.165, 1.54) is 0 Å². The molecule has 0 aliphatic carbocycles.